The molecule has 0 radical (unpaired) electrons. The second-order valence-electron chi connectivity index (χ2n) is 2.00. The van der Waals surface area contributed by atoms with Crippen molar-refractivity contribution in [2.45, 2.75) is 4.90 Å². The predicted octanol–water partition coefficient (Wildman–Crippen LogP) is 2.54. The number of nitrogens with zero attached hydrogens (tertiary/aromatic N) is 1. The van der Waals surface area contributed by atoms with Crippen molar-refractivity contribution in [1.82, 2.24) is 0 Å². The maximum atomic E-state index is 12.8. The Morgan fingerprint density at radius 3 is 2.46 bits per heavy atom. The van der Waals surface area contributed by atoms with Crippen LogP contribution >= 0.6 is 24.2 Å². The van der Waals surface area contributed by atoms with Crippen LogP contribution < -0.4 is 5.73 Å². The van der Waals surface area contributed by atoms with Gasteiger partial charge in [0.05, 0.1) is 10.6 Å². The Bertz CT molecular complexity index is 351. The van der Waals surface area contributed by atoms with Crippen molar-refractivity contribution in [1.29, 1.82) is 5.26 Å². The van der Waals surface area contributed by atoms with Crippen LogP contribution in [-0.2, 0) is 0 Å². The van der Waals surface area contributed by atoms with E-state index in [1.807, 2.05) is 0 Å². The molecule has 0 atom stereocenters. The number of thiocyanates is 1. The Hall–Kier alpha value is -0.990. The molecule has 0 saturated heterocycles. The summed E-state index contributed by atoms with van der Waals surface area (Å²) in [6.07, 6.45) is 0. The number of rotatable bonds is 1. The van der Waals surface area contributed by atoms with E-state index in [0.29, 0.717) is 11.8 Å². The summed E-state index contributed by atoms with van der Waals surface area (Å²) in [5.74, 6) is -1.39. The number of thioether (sulfide) groups is 1. The zero-order valence-electron chi connectivity index (χ0n) is 6.25. The van der Waals surface area contributed by atoms with E-state index in [2.05, 4.69) is 0 Å². The van der Waals surface area contributed by atoms with Gasteiger partial charge in [0.2, 0.25) is 0 Å². The molecule has 0 aliphatic rings. The summed E-state index contributed by atoms with van der Waals surface area (Å²) in [4.78, 5) is -0.0517. The zero-order chi connectivity index (χ0) is 9.14. The van der Waals surface area contributed by atoms with E-state index in [0.717, 1.165) is 12.1 Å². The zero-order valence-corrected chi connectivity index (χ0v) is 7.88. The number of hydrogen-bond donors (Lipinski definition) is 1. The highest BCUT2D eigenvalue weighted by atomic mass is 35.5. The Kier molecular flexibility index (Phi) is 4.52. The molecular formula is C7H5ClF2N2S. The van der Waals surface area contributed by atoms with Gasteiger partial charge in [0.1, 0.15) is 17.0 Å². The molecule has 0 spiro atoms. The normalized spacial score (nSPS) is 8.69. The number of nitrogens with two attached hydrogens (primary N) is 1. The van der Waals surface area contributed by atoms with Gasteiger partial charge in [-0.15, -0.1) is 12.4 Å². The molecule has 0 aliphatic carbocycles. The highest BCUT2D eigenvalue weighted by Gasteiger charge is 2.07. The van der Waals surface area contributed by atoms with Crippen LogP contribution in [0.1, 0.15) is 0 Å². The number of benzene rings is 1. The topological polar surface area (TPSA) is 49.8 Å². The van der Waals surface area contributed by atoms with E-state index < -0.39 is 11.6 Å². The molecule has 2 nitrogen and oxygen atoms in total. The molecule has 0 saturated carbocycles. The first-order valence-electron chi connectivity index (χ1n) is 2.95. The van der Waals surface area contributed by atoms with Crippen molar-refractivity contribution >= 4 is 29.9 Å². The van der Waals surface area contributed by atoms with Gasteiger partial charge in [-0.3, -0.25) is 0 Å². The predicted molar refractivity (Wildman–Crippen MR) is 49.5 cm³/mol. The van der Waals surface area contributed by atoms with E-state index in [1.54, 1.807) is 5.40 Å². The van der Waals surface area contributed by atoms with Crippen LogP contribution in [0.4, 0.5) is 14.5 Å². The molecule has 70 valence electrons. The second kappa shape index (κ2) is 4.90. The standard InChI is InChI=1S/C7H4F2N2S.ClH/c8-4-2-7(12-3-10)5(9)1-6(4)11;/h1-2H,11H2;1H. The minimum absolute atomic E-state index is 0. The molecule has 0 aromatic heterocycles. The molecule has 0 fully saturated rings. The lowest BCUT2D eigenvalue weighted by Gasteiger charge is -1.99. The first-order valence-corrected chi connectivity index (χ1v) is 3.77. The van der Waals surface area contributed by atoms with E-state index in [-0.39, 0.29) is 23.0 Å². The molecular weight excluding hydrogens is 218 g/mol. The van der Waals surface area contributed by atoms with Crippen LogP contribution in [0.25, 0.3) is 0 Å². The van der Waals surface area contributed by atoms with E-state index in [9.17, 15) is 8.78 Å². The molecule has 0 bridgehead atoms. The van der Waals surface area contributed by atoms with Crippen LogP contribution in [0.15, 0.2) is 17.0 Å². The fraction of sp³-hybridized carbons (Fsp3) is 0. The lowest BCUT2D eigenvalue weighted by Crippen LogP contribution is -1.92. The van der Waals surface area contributed by atoms with Gasteiger partial charge in [-0.1, -0.05) is 0 Å². The van der Waals surface area contributed by atoms with Gasteiger partial charge in [0, 0.05) is 6.07 Å². The van der Waals surface area contributed by atoms with Crippen LogP contribution in [0.3, 0.4) is 0 Å². The molecule has 6 heteroatoms. The number of halogens is 3. The summed E-state index contributed by atoms with van der Waals surface area (Å²) in [5.41, 5.74) is 4.82. The Labute approximate surface area is 84.1 Å². The number of nitriles is 1. The number of nitrogen functional groups attached to an aromatic ring is 1. The maximum Gasteiger partial charge on any atom is 0.147 e. The molecule has 0 unspecified atom stereocenters. The largest absolute Gasteiger partial charge is 0.396 e. The first kappa shape index (κ1) is 12.0. The van der Waals surface area contributed by atoms with Gasteiger partial charge < -0.3 is 5.73 Å². The third-order valence-corrected chi connectivity index (χ3v) is 1.83. The number of hydrogen-bond acceptors (Lipinski definition) is 3. The van der Waals surface area contributed by atoms with Crippen molar-refractivity contribution in [3.8, 4) is 5.40 Å². The summed E-state index contributed by atoms with van der Waals surface area (Å²) < 4.78 is 25.5. The van der Waals surface area contributed by atoms with Crippen molar-refractivity contribution in [2.24, 2.45) is 0 Å². The van der Waals surface area contributed by atoms with Gasteiger partial charge in [-0.2, -0.15) is 5.26 Å². The smallest absolute Gasteiger partial charge is 0.147 e. The van der Waals surface area contributed by atoms with Crippen LogP contribution in [0.5, 0.6) is 0 Å². The highest BCUT2D eigenvalue weighted by molar-refractivity contribution is 8.03. The summed E-state index contributed by atoms with van der Waals surface area (Å²) in [7, 11) is 0. The Balaban J connectivity index is 0.00000144. The minimum atomic E-state index is -0.714. The van der Waals surface area contributed by atoms with Gasteiger partial charge in [0.25, 0.3) is 0 Å². The van der Waals surface area contributed by atoms with Gasteiger partial charge in [-0.25, -0.2) is 8.78 Å². The summed E-state index contributed by atoms with van der Waals surface area (Å²) in [5, 5.41) is 9.84. The SMILES string of the molecule is Cl.N#CSc1cc(F)c(N)cc1F. The van der Waals surface area contributed by atoms with Gasteiger partial charge in [-0.05, 0) is 17.8 Å². The molecule has 2 N–H and O–H groups in total. The van der Waals surface area contributed by atoms with Crippen LogP contribution in [0.2, 0.25) is 0 Å². The molecule has 0 heterocycles. The lowest BCUT2D eigenvalue weighted by atomic mass is 10.3. The van der Waals surface area contributed by atoms with Crippen molar-refractivity contribution in [2.75, 3.05) is 5.73 Å². The quantitative estimate of drug-likeness (QED) is 0.451. The van der Waals surface area contributed by atoms with Crippen LogP contribution in [-0.4, -0.2) is 0 Å². The monoisotopic (exact) mass is 222 g/mol. The highest BCUT2D eigenvalue weighted by Crippen LogP contribution is 2.24. The Morgan fingerprint density at radius 1 is 1.31 bits per heavy atom. The lowest BCUT2D eigenvalue weighted by molar-refractivity contribution is 0.581. The first-order chi connectivity index (χ1) is 5.65. The third-order valence-electron chi connectivity index (χ3n) is 1.21. The fourth-order valence-electron chi connectivity index (χ4n) is 0.671. The van der Waals surface area contributed by atoms with Crippen molar-refractivity contribution in [3.63, 3.8) is 0 Å². The average molecular weight is 223 g/mol. The molecule has 13 heavy (non-hydrogen) atoms. The van der Waals surface area contributed by atoms with Gasteiger partial charge in [0.15, 0.2) is 0 Å². The summed E-state index contributed by atoms with van der Waals surface area (Å²) in [6, 6.07) is 1.76. The fourth-order valence-corrected chi connectivity index (χ4v) is 1.09. The molecule has 1 aromatic carbocycles. The third kappa shape index (κ3) is 2.76. The van der Waals surface area contributed by atoms with E-state index in [4.69, 9.17) is 11.0 Å². The molecule has 1 aromatic rings. The maximum absolute atomic E-state index is 12.8. The van der Waals surface area contributed by atoms with Crippen molar-refractivity contribution < 1.29 is 8.78 Å². The van der Waals surface area contributed by atoms with Crippen LogP contribution in [0, 0.1) is 22.3 Å². The second-order valence-corrected chi connectivity index (χ2v) is 2.82. The van der Waals surface area contributed by atoms with Crippen molar-refractivity contribution in [3.05, 3.63) is 23.8 Å². The Morgan fingerprint density at radius 2 is 1.92 bits per heavy atom. The number of anilines is 1. The molecule has 0 amide bonds. The minimum Gasteiger partial charge on any atom is -0.396 e. The summed E-state index contributed by atoms with van der Waals surface area (Å²) in [6.45, 7) is 0. The molecule has 1 rings (SSSR count). The molecule has 0 aliphatic heterocycles. The van der Waals surface area contributed by atoms with Gasteiger partial charge >= 0.3 is 0 Å². The van der Waals surface area contributed by atoms with E-state index >= 15 is 0 Å². The van der Waals surface area contributed by atoms with E-state index in [1.165, 1.54) is 0 Å². The summed E-state index contributed by atoms with van der Waals surface area (Å²) >= 11 is 0.560. The average Bonchev–Trinajstić information content (AvgIpc) is 2.01.